The minimum Gasteiger partial charge on any atom is -0.389 e. The monoisotopic (exact) mass is 282 g/mol. The van der Waals surface area contributed by atoms with Crippen molar-refractivity contribution in [2.75, 3.05) is 0 Å². The second-order valence-electron chi connectivity index (χ2n) is 3.91. The second kappa shape index (κ2) is 5.74. The van der Waals surface area contributed by atoms with Crippen LogP contribution in [-0.2, 0) is 0 Å². The van der Waals surface area contributed by atoms with Gasteiger partial charge in [-0.25, -0.2) is 4.39 Å². The molecule has 0 amide bonds. The van der Waals surface area contributed by atoms with Crippen molar-refractivity contribution in [3.05, 3.63) is 58.9 Å². The Labute approximate surface area is 115 Å². The maximum absolute atomic E-state index is 13.2. The molecule has 0 heterocycles. The largest absolute Gasteiger partial charge is 0.389 e. The summed E-state index contributed by atoms with van der Waals surface area (Å²) in [4.78, 5) is 1.83. The molecule has 1 nitrogen and oxygen atoms in total. The van der Waals surface area contributed by atoms with E-state index in [1.54, 1.807) is 25.1 Å². The minimum atomic E-state index is -0.699. The number of aliphatic hydroxyl groups excluding tert-OH is 1. The van der Waals surface area contributed by atoms with Gasteiger partial charge in [0.25, 0.3) is 0 Å². The van der Waals surface area contributed by atoms with Gasteiger partial charge in [-0.05, 0) is 55.0 Å². The van der Waals surface area contributed by atoms with Crippen LogP contribution in [0.2, 0.25) is 5.02 Å². The number of aliphatic hydroxyl groups is 1. The Morgan fingerprint density at radius 3 is 2.44 bits per heavy atom. The first-order chi connectivity index (χ1) is 8.56. The summed E-state index contributed by atoms with van der Waals surface area (Å²) >= 11 is 7.29. The Hall–Kier alpha value is -1.03. The number of benzene rings is 2. The number of rotatable bonds is 3. The summed E-state index contributed by atoms with van der Waals surface area (Å²) in [5, 5.41) is 10.3. The fourth-order valence-electron chi connectivity index (χ4n) is 1.57. The molecule has 0 unspecified atom stereocenters. The molecule has 0 bridgehead atoms. The standard InChI is InChI=1S/C14H12ClFOS/c1-9(17)13-8-11(16)4-7-14(13)18-12-5-2-10(15)3-6-12/h2-9,17H,1H3/t9-/m0/s1. The van der Waals surface area contributed by atoms with Gasteiger partial charge >= 0.3 is 0 Å². The zero-order valence-corrected chi connectivity index (χ0v) is 11.3. The van der Waals surface area contributed by atoms with E-state index >= 15 is 0 Å². The van der Waals surface area contributed by atoms with Gasteiger partial charge in [-0.3, -0.25) is 0 Å². The molecular weight excluding hydrogens is 271 g/mol. The molecule has 94 valence electrons. The topological polar surface area (TPSA) is 20.2 Å². The van der Waals surface area contributed by atoms with Crippen LogP contribution in [0.5, 0.6) is 0 Å². The first-order valence-corrected chi connectivity index (χ1v) is 6.66. The summed E-state index contributed by atoms with van der Waals surface area (Å²) in [5.74, 6) is -0.341. The van der Waals surface area contributed by atoms with Crippen molar-refractivity contribution >= 4 is 23.4 Å². The molecule has 2 aromatic carbocycles. The predicted molar refractivity (Wildman–Crippen MR) is 72.6 cm³/mol. The van der Waals surface area contributed by atoms with E-state index in [1.807, 2.05) is 12.1 Å². The lowest BCUT2D eigenvalue weighted by atomic mass is 10.1. The van der Waals surface area contributed by atoms with Gasteiger partial charge in [0.2, 0.25) is 0 Å². The van der Waals surface area contributed by atoms with Gasteiger partial charge in [-0.15, -0.1) is 0 Å². The summed E-state index contributed by atoms with van der Waals surface area (Å²) in [6, 6.07) is 11.8. The Bertz CT molecular complexity index is 540. The Balaban J connectivity index is 2.31. The van der Waals surface area contributed by atoms with E-state index in [9.17, 15) is 9.50 Å². The molecule has 1 atom stereocenters. The van der Waals surface area contributed by atoms with Crippen LogP contribution in [0.4, 0.5) is 4.39 Å². The Morgan fingerprint density at radius 1 is 1.17 bits per heavy atom. The van der Waals surface area contributed by atoms with Gasteiger partial charge in [0.05, 0.1) is 6.10 Å². The average molecular weight is 283 g/mol. The van der Waals surface area contributed by atoms with Crippen molar-refractivity contribution in [3.8, 4) is 0 Å². The quantitative estimate of drug-likeness (QED) is 0.882. The van der Waals surface area contributed by atoms with Crippen molar-refractivity contribution < 1.29 is 9.50 Å². The lowest BCUT2D eigenvalue weighted by Gasteiger charge is -2.11. The highest BCUT2D eigenvalue weighted by molar-refractivity contribution is 7.99. The molecule has 0 saturated heterocycles. The van der Waals surface area contributed by atoms with Gasteiger partial charge in [0, 0.05) is 14.8 Å². The average Bonchev–Trinajstić information content (AvgIpc) is 2.34. The third-order valence-electron chi connectivity index (χ3n) is 2.46. The molecule has 0 spiro atoms. The molecule has 0 aromatic heterocycles. The Morgan fingerprint density at radius 2 is 1.83 bits per heavy atom. The van der Waals surface area contributed by atoms with Crippen molar-refractivity contribution in [2.45, 2.75) is 22.8 Å². The molecule has 4 heteroatoms. The highest BCUT2D eigenvalue weighted by Crippen LogP contribution is 2.34. The van der Waals surface area contributed by atoms with E-state index in [0.29, 0.717) is 10.6 Å². The highest BCUT2D eigenvalue weighted by Gasteiger charge is 2.10. The molecule has 0 radical (unpaired) electrons. The molecule has 0 aliphatic heterocycles. The zero-order valence-electron chi connectivity index (χ0n) is 9.73. The zero-order chi connectivity index (χ0) is 13.1. The van der Waals surface area contributed by atoms with E-state index in [0.717, 1.165) is 9.79 Å². The number of hydrogen-bond acceptors (Lipinski definition) is 2. The van der Waals surface area contributed by atoms with Crippen LogP contribution < -0.4 is 0 Å². The third kappa shape index (κ3) is 3.25. The van der Waals surface area contributed by atoms with E-state index in [2.05, 4.69) is 0 Å². The van der Waals surface area contributed by atoms with Gasteiger partial charge in [0.1, 0.15) is 5.82 Å². The van der Waals surface area contributed by atoms with Gasteiger partial charge in [0.15, 0.2) is 0 Å². The molecular formula is C14H12ClFOS. The molecule has 1 N–H and O–H groups in total. The van der Waals surface area contributed by atoms with E-state index in [4.69, 9.17) is 11.6 Å². The van der Waals surface area contributed by atoms with Crippen LogP contribution in [0, 0.1) is 5.82 Å². The fraction of sp³-hybridized carbons (Fsp3) is 0.143. The molecule has 0 fully saturated rings. The SMILES string of the molecule is C[C@H](O)c1cc(F)ccc1Sc1ccc(Cl)cc1. The maximum Gasteiger partial charge on any atom is 0.123 e. The van der Waals surface area contributed by atoms with E-state index in [1.165, 1.54) is 23.9 Å². The minimum absolute atomic E-state index is 0.341. The smallest absolute Gasteiger partial charge is 0.123 e. The molecule has 2 aromatic rings. The van der Waals surface area contributed by atoms with Crippen molar-refractivity contribution in [3.63, 3.8) is 0 Å². The lowest BCUT2D eigenvalue weighted by molar-refractivity contribution is 0.196. The van der Waals surface area contributed by atoms with Crippen molar-refractivity contribution in [1.29, 1.82) is 0 Å². The number of hydrogen-bond donors (Lipinski definition) is 1. The molecule has 0 aliphatic rings. The fourth-order valence-corrected chi connectivity index (χ4v) is 2.70. The first kappa shape index (κ1) is 13.4. The highest BCUT2D eigenvalue weighted by atomic mass is 35.5. The third-order valence-corrected chi connectivity index (χ3v) is 3.81. The van der Waals surface area contributed by atoms with Crippen LogP contribution in [0.15, 0.2) is 52.3 Å². The maximum atomic E-state index is 13.2. The molecule has 2 rings (SSSR count). The normalized spacial score (nSPS) is 12.4. The summed E-state index contributed by atoms with van der Waals surface area (Å²) in [6.45, 7) is 1.63. The van der Waals surface area contributed by atoms with Crippen molar-refractivity contribution in [1.82, 2.24) is 0 Å². The van der Waals surface area contributed by atoms with Crippen LogP contribution in [0.3, 0.4) is 0 Å². The summed E-state index contributed by atoms with van der Waals surface area (Å²) in [7, 11) is 0. The molecule has 0 aliphatic carbocycles. The van der Waals surface area contributed by atoms with Crippen LogP contribution in [-0.4, -0.2) is 5.11 Å². The van der Waals surface area contributed by atoms with E-state index < -0.39 is 6.10 Å². The summed E-state index contributed by atoms with van der Waals surface area (Å²) < 4.78 is 13.2. The molecule has 0 saturated carbocycles. The lowest BCUT2D eigenvalue weighted by Crippen LogP contribution is -1.95. The predicted octanol–water partition coefficient (Wildman–Crippen LogP) is 4.68. The van der Waals surface area contributed by atoms with Crippen LogP contribution in [0.1, 0.15) is 18.6 Å². The van der Waals surface area contributed by atoms with Gasteiger partial charge < -0.3 is 5.11 Å². The Kier molecular flexibility index (Phi) is 4.27. The van der Waals surface area contributed by atoms with Crippen molar-refractivity contribution in [2.24, 2.45) is 0 Å². The van der Waals surface area contributed by atoms with E-state index in [-0.39, 0.29) is 5.82 Å². The summed E-state index contributed by atoms with van der Waals surface area (Å²) in [5.41, 5.74) is 0.593. The second-order valence-corrected chi connectivity index (χ2v) is 5.47. The van der Waals surface area contributed by atoms with Gasteiger partial charge in [-0.1, -0.05) is 23.4 Å². The molecule has 18 heavy (non-hydrogen) atoms. The van der Waals surface area contributed by atoms with Crippen LogP contribution >= 0.6 is 23.4 Å². The van der Waals surface area contributed by atoms with Crippen LogP contribution in [0.25, 0.3) is 0 Å². The number of halogens is 2. The van der Waals surface area contributed by atoms with Gasteiger partial charge in [-0.2, -0.15) is 0 Å². The first-order valence-electron chi connectivity index (χ1n) is 5.47. The summed E-state index contributed by atoms with van der Waals surface area (Å²) in [6.07, 6.45) is -0.699.